The third-order valence-corrected chi connectivity index (χ3v) is 3.38. The van der Waals surface area contributed by atoms with Gasteiger partial charge in [-0.15, -0.1) is 0 Å². The minimum absolute atomic E-state index is 0.233. The molecule has 0 fully saturated rings. The highest BCUT2D eigenvalue weighted by Crippen LogP contribution is 2.04. The highest BCUT2D eigenvalue weighted by atomic mass is 32.2. The maximum Gasteiger partial charge on any atom is 0.277 e. The van der Waals surface area contributed by atoms with Crippen LogP contribution in [0.1, 0.15) is 24.5 Å². The van der Waals surface area contributed by atoms with Gasteiger partial charge in [-0.05, 0) is 24.1 Å². The Balaban J connectivity index is 2.63. The number of nitrogens with two attached hydrogens (primary N) is 1. The first-order valence-electron chi connectivity index (χ1n) is 6.09. The van der Waals surface area contributed by atoms with Gasteiger partial charge in [-0.1, -0.05) is 30.9 Å². The van der Waals surface area contributed by atoms with E-state index in [2.05, 4.69) is 21.3 Å². The molecule has 1 aromatic carbocycles. The first kappa shape index (κ1) is 15.7. The highest BCUT2D eigenvalue weighted by Gasteiger charge is 2.07. The molecule has 104 valence electrons. The fourth-order valence-corrected chi connectivity index (χ4v) is 2.31. The van der Waals surface area contributed by atoms with E-state index in [0.717, 1.165) is 17.5 Å². The summed E-state index contributed by atoms with van der Waals surface area (Å²) in [5, 5.41) is 0. The van der Waals surface area contributed by atoms with E-state index in [4.69, 9.17) is 5.73 Å². The molecule has 0 atom stereocenters. The molecule has 19 heavy (non-hydrogen) atoms. The Bertz CT molecular complexity index is 559. The molecule has 0 saturated heterocycles. The second-order valence-electron chi connectivity index (χ2n) is 3.93. The van der Waals surface area contributed by atoms with E-state index in [-0.39, 0.29) is 6.54 Å². The van der Waals surface area contributed by atoms with Crippen LogP contribution in [0.2, 0.25) is 0 Å². The van der Waals surface area contributed by atoms with Gasteiger partial charge in [0.05, 0.1) is 6.54 Å². The summed E-state index contributed by atoms with van der Waals surface area (Å²) in [6.07, 6.45) is 0.755. The zero-order chi connectivity index (χ0) is 14.1. The van der Waals surface area contributed by atoms with Gasteiger partial charge in [0.1, 0.15) is 0 Å². The molecule has 1 aromatic rings. The Hall–Kier alpha value is -1.39. The summed E-state index contributed by atoms with van der Waals surface area (Å²) >= 11 is 0. The summed E-state index contributed by atoms with van der Waals surface area (Å²) in [7, 11) is -3.43. The zero-order valence-electron chi connectivity index (χ0n) is 10.9. The van der Waals surface area contributed by atoms with Crippen LogP contribution in [-0.2, 0) is 16.8 Å². The average Bonchev–Trinajstić information content (AvgIpc) is 2.41. The van der Waals surface area contributed by atoms with Gasteiger partial charge in [0.15, 0.2) is 0 Å². The maximum absolute atomic E-state index is 11.6. The normalized spacial score (nSPS) is 10.8. The topological polar surface area (TPSA) is 84.2 Å². The fourth-order valence-electron chi connectivity index (χ4n) is 1.38. The molecule has 0 aliphatic rings. The lowest BCUT2D eigenvalue weighted by atomic mass is 10.1. The van der Waals surface area contributed by atoms with Crippen molar-refractivity contribution >= 4 is 10.2 Å². The molecule has 0 radical (unpaired) electrons. The summed E-state index contributed by atoms with van der Waals surface area (Å²) in [6, 6.07) is 7.38. The lowest BCUT2D eigenvalue weighted by Gasteiger charge is -2.07. The smallest absolute Gasteiger partial charge is 0.277 e. The van der Waals surface area contributed by atoms with Gasteiger partial charge in [-0.25, -0.2) is 4.72 Å². The molecule has 0 saturated carbocycles. The molecule has 6 heteroatoms. The van der Waals surface area contributed by atoms with Crippen molar-refractivity contribution in [2.45, 2.75) is 19.9 Å². The van der Waals surface area contributed by atoms with Crippen LogP contribution in [0.25, 0.3) is 0 Å². The summed E-state index contributed by atoms with van der Waals surface area (Å²) in [5.74, 6) is 5.67. The van der Waals surface area contributed by atoms with Crippen LogP contribution in [0.15, 0.2) is 24.3 Å². The van der Waals surface area contributed by atoms with Gasteiger partial charge < -0.3 is 5.73 Å². The van der Waals surface area contributed by atoms with Crippen molar-refractivity contribution in [3.8, 4) is 11.8 Å². The number of hydrogen-bond acceptors (Lipinski definition) is 3. The van der Waals surface area contributed by atoms with E-state index in [1.54, 1.807) is 0 Å². The standard InChI is InChI=1S/C13H19N3O2S/c1-2-9-15-19(17,18)16-11-13-6-3-5-12(10-13)7-4-8-14/h3,5-6,10,15-16H,2,8-9,11,14H2,1H3. The van der Waals surface area contributed by atoms with Gasteiger partial charge in [-0.3, -0.25) is 0 Å². The molecule has 0 heterocycles. The van der Waals surface area contributed by atoms with Gasteiger partial charge in [0.2, 0.25) is 0 Å². The molecule has 0 aromatic heterocycles. The van der Waals surface area contributed by atoms with Crippen LogP contribution in [0.4, 0.5) is 0 Å². The Morgan fingerprint density at radius 1 is 1.32 bits per heavy atom. The van der Waals surface area contributed by atoms with Crippen LogP contribution in [-0.4, -0.2) is 21.5 Å². The van der Waals surface area contributed by atoms with Crippen LogP contribution >= 0.6 is 0 Å². The fraction of sp³-hybridized carbons (Fsp3) is 0.385. The monoisotopic (exact) mass is 281 g/mol. The van der Waals surface area contributed by atoms with Gasteiger partial charge in [-0.2, -0.15) is 13.1 Å². The lowest BCUT2D eigenvalue weighted by molar-refractivity contribution is 0.565. The van der Waals surface area contributed by atoms with Crippen LogP contribution < -0.4 is 15.2 Å². The van der Waals surface area contributed by atoms with Gasteiger partial charge >= 0.3 is 0 Å². The molecule has 4 N–H and O–H groups in total. The summed E-state index contributed by atoms with van der Waals surface area (Å²) < 4.78 is 28.0. The van der Waals surface area contributed by atoms with Crippen molar-refractivity contribution in [1.29, 1.82) is 0 Å². The van der Waals surface area contributed by atoms with Crippen molar-refractivity contribution in [3.63, 3.8) is 0 Å². The number of rotatable bonds is 6. The minimum atomic E-state index is -3.43. The minimum Gasteiger partial charge on any atom is -0.320 e. The maximum atomic E-state index is 11.6. The molecule has 0 bridgehead atoms. The predicted molar refractivity (Wildman–Crippen MR) is 76.4 cm³/mol. The molecular formula is C13H19N3O2S. The van der Waals surface area contributed by atoms with Crippen molar-refractivity contribution in [2.24, 2.45) is 5.73 Å². The van der Waals surface area contributed by atoms with E-state index in [1.807, 2.05) is 31.2 Å². The van der Waals surface area contributed by atoms with Crippen molar-refractivity contribution in [2.75, 3.05) is 13.1 Å². The summed E-state index contributed by atoms with van der Waals surface area (Å²) in [5.41, 5.74) is 6.98. The first-order valence-corrected chi connectivity index (χ1v) is 7.58. The molecule has 0 unspecified atom stereocenters. The van der Waals surface area contributed by atoms with Crippen LogP contribution in [0.3, 0.4) is 0 Å². The van der Waals surface area contributed by atoms with Crippen molar-refractivity contribution < 1.29 is 8.42 Å². The summed E-state index contributed by atoms with van der Waals surface area (Å²) in [4.78, 5) is 0. The quantitative estimate of drug-likeness (QED) is 0.657. The van der Waals surface area contributed by atoms with Crippen molar-refractivity contribution in [3.05, 3.63) is 35.4 Å². The van der Waals surface area contributed by atoms with E-state index in [9.17, 15) is 8.42 Å². The second kappa shape index (κ2) is 7.92. The summed E-state index contributed by atoms with van der Waals surface area (Å²) in [6.45, 7) is 2.87. The average molecular weight is 281 g/mol. The number of nitrogens with one attached hydrogen (secondary N) is 2. The molecule has 0 amide bonds. The third-order valence-electron chi connectivity index (χ3n) is 2.27. The number of hydrogen-bond donors (Lipinski definition) is 3. The Kier molecular flexibility index (Phi) is 6.53. The first-order chi connectivity index (χ1) is 9.07. The third kappa shape index (κ3) is 6.36. The molecule has 0 aliphatic carbocycles. The van der Waals surface area contributed by atoms with E-state index in [1.165, 1.54) is 0 Å². The Morgan fingerprint density at radius 2 is 2.11 bits per heavy atom. The molecular weight excluding hydrogens is 262 g/mol. The number of benzene rings is 1. The predicted octanol–water partition coefficient (Wildman–Crippen LogP) is 0.331. The van der Waals surface area contributed by atoms with Crippen LogP contribution in [0.5, 0.6) is 0 Å². The van der Waals surface area contributed by atoms with Gasteiger partial charge in [0.25, 0.3) is 10.2 Å². The highest BCUT2D eigenvalue weighted by molar-refractivity contribution is 7.87. The van der Waals surface area contributed by atoms with Crippen molar-refractivity contribution in [1.82, 2.24) is 9.44 Å². The van der Waals surface area contributed by atoms with E-state index in [0.29, 0.717) is 13.1 Å². The SMILES string of the molecule is CCCNS(=O)(=O)NCc1cccc(C#CCN)c1. The lowest BCUT2D eigenvalue weighted by Crippen LogP contribution is -2.36. The van der Waals surface area contributed by atoms with E-state index < -0.39 is 10.2 Å². The van der Waals surface area contributed by atoms with Gasteiger partial charge in [0, 0.05) is 18.7 Å². The second-order valence-corrected chi connectivity index (χ2v) is 5.51. The Labute approximate surface area is 114 Å². The van der Waals surface area contributed by atoms with Crippen LogP contribution in [0, 0.1) is 11.8 Å². The van der Waals surface area contributed by atoms with E-state index >= 15 is 0 Å². The molecule has 0 spiro atoms. The molecule has 0 aliphatic heterocycles. The molecule has 1 rings (SSSR count). The molecule has 5 nitrogen and oxygen atoms in total. The zero-order valence-corrected chi connectivity index (χ0v) is 11.8. The Morgan fingerprint density at radius 3 is 2.79 bits per heavy atom. The largest absolute Gasteiger partial charge is 0.320 e.